The quantitative estimate of drug-likeness (QED) is 0.857. The molecular weight excluding hydrogens is 284 g/mol. The number of nitrogens with zero attached hydrogens (tertiary/aromatic N) is 1. The van der Waals surface area contributed by atoms with Crippen molar-refractivity contribution in [1.29, 1.82) is 0 Å². The average Bonchev–Trinajstić information content (AvgIpc) is 2.72. The van der Waals surface area contributed by atoms with Crippen LogP contribution in [0.2, 0.25) is 0 Å². The number of rotatable bonds is 5. The Hall–Kier alpha value is -0.710. The van der Waals surface area contributed by atoms with Crippen LogP contribution in [0, 0.1) is 0 Å². The average molecular weight is 297 g/mol. The topological polar surface area (TPSA) is 24.9 Å². The highest BCUT2D eigenvalue weighted by Gasteiger charge is 1.97. The number of hydrogen-bond acceptors (Lipinski definition) is 3. The molecule has 2 aromatic rings. The van der Waals surface area contributed by atoms with Crippen LogP contribution in [0.3, 0.4) is 0 Å². The molecule has 2 nitrogen and oxygen atoms in total. The van der Waals surface area contributed by atoms with Crippen LogP contribution in [0.4, 0.5) is 0 Å². The fraction of sp³-hybridized carbons (Fsp3) is 0.250. The maximum Gasteiger partial charge on any atom is 0.0416 e. The Kier molecular flexibility index (Phi) is 4.51. The van der Waals surface area contributed by atoms with E-state index in [2.05, 4.69) is 43.7 Å². The van der Waals surface area contributed by atoms with Gasteiger partial charge in [-0.15, -0.1) is 11.3 Å². The summed E-state index contributed by atoms with van der Waals surface area (Å²) in [7, 11) is 0. The van der Waals surface area contributed by atoms with Crippen LogP contribution in [0.15, 0.2) is 40.3 Å². The van der Waals surface area contributed by atoms with Gasteiger partial charge in [-0.3, -0.25) is 4.98 Å². The highest BCUT2D eigenvalue weighted by atomic mass is 79.9. The van der Waals surface area contributed by atoms with Crippen LogP contribution < -0.4 is 5.32 Å². The van der Waals surface area contributed by atoms with Gasteiger partial charge in [0.1, 0.15) is 0 Å². The van der Waals surface area contributed by atoms with E-state index in [4.69, 9.17) is 0 Å². The summed E-state index contributed by atoms with van der Waals surface area (Å²) in [6.07, 6.45) is 2.82. The van der Waals surface area contributed by atoms with Gasteiger partial charge in [0.25, 0.3) is 0 Å². The molecule has 0 atom stereocenters. The number of hydrogen-bond donors (Lipinski definition) is 1. The molecule has 4 heteroatoms. The van der Waals surface area contributed by atoms with Gasteiger partial charge in [0, 0.05) is 46.1 Å². The van der Waals surface area contributed by atoms with Crippen molar-refractivity contribution in [2.45, 2.75) is 13.0 Å². The molecule has 0 saturated heterocycles. The van der Waals surface area contributed by atoms with Gasteiger partial charge in [-0.1, -0.05) is 6.07 Å². The number of nitrogens with one attached hydrogen (secondary N) is 1. The van der Waals surface area contributed by atoms with Crippen molar-refractivity contribution in [3.63, 3.8) is 0 Å². The minimum absolute atomic E-state index is 0.934. The third-order valence-electron chi connectivity index (χ3n) is 2.21. The zero-order valence-corrected chi connectivity index (χ0v) is 11.2. The smallest absolute Gasteiger partial charge is 0.0416 e. The number of halogens is 1. The molecule has 0 amide bonds. The molecule has 2 aromatic heterocycles. The lowest BCUT2D eigenvalue weighted by molar-refractivity contribution is 0.686. The lowest BCUT2D eigenvalue weighted by Crippen LogP contribution is -2.16. The highest BCUT2D eigenvalue weighted by Crippen LogP contribution is 2.19. The second kappa shape index (κ2) is 6.13. The summed E-state index contributed by atoms with van der Waals surface area (Å²) in [4.78, 5) is 5.64. The largest absolute Gasteiger partial charge is 0.311 e. The molecule has 0 bridgehead atoms. The van der Waals surface area contributed by atoms with Crippen LogP contribution in [-0.2, 0) is 13.0 Å². The van der Waals surface area contributed by atoms with E-state index in [0.717, 1.165) is 25.2 Å². The lowest BCUT2D eigenvalue weighted by atomic mass is 10.3. The normalized spacial score (nSPS) is 10.6. The summed E-state index contributed by atoms with van der Waals surface area (Å²) < 4.78 is 1.17. The Labute approximate surface area is 108 Å². The molecule has 1 N–H and O–H groups in total. The standard InChI is InChI=1S/C12H13BrN2S/c13-10-7-12(16-9-10)8-14-6-4-11-3-1-2-5-15-11/h1-3,5,7,9,14H,4,6,8H2. The second-order valence-electron chi connectivity index (χ2n) is 3.48. The van der Waals surface area contributed by atoms with Gasteiger partial charge in [0.2, 0.25) is 0 Å². The van der Waals surface area contributed by atoms with E-state index in [1.54, 1.807) is 11.3 Å². The van der Waals surface area contributed by atoms with Gasteiger partial charge in [-0.2, -0.15) is 0 Å². The molecule has 2 rings (SSSR count). The molecule has 16 heavy (non-hydrogen) atoms. The Morgan fingerprint density at radius 1 is 1.38 bits per heavy atom. The molecule has 0 aliphatic rings. The Morgan fingerprint density at radius 2 is 2.31 bits per heavy atom. The van der Waals surface area contributed by atoms with Crippen molar-refractivity contribution in [3.05, 3.63) is 50.9 Å². The minimum atomic E-state index is 0.934. The van der Waals surface area contributed by atoms with Crippen LogP contribution in [-0.4, -0.2) is 11.5 Å². The van der Waals surface area contributed by atoms with Crippen molar-refractivity contribution in [2.75, 3.05) is 6.54 Å². The molecule has 0 aliphatic carbocycles. The summed E-state index contributed by atoms with van der Waals surface area (Å²) >= 11 is 5.22. The van der Waals surface area contributed by atoms with Crippen molar-refractivity contribution in [1.82, 2.24) is 10.3 Å². The van der Waals surface area contributed by atoms with Crippen LogP contribution in [0.5, 0.6) is 0 Å². The van der Waals surface area contributed by atoms with Crippen LogP contribution >= 0.6 is 27.3 Å². The number of pyridine rings is 1. The van der Waals surface area contributed by atoms with Crippen LogP contribution in [0.25, 0.3) is 0 Å². The molecule has 0 aliphatic heterocycles. The van der Waals surface area contributed by atoms with E-state index in [1.165, 1.54) is 9.35 Å². The highest BCUT2D eigenvalue weighted by molar-refractivity contribution is 9.10. The fourth-order valence-corrected chi connectivity index (χ4v) is 2.84. The lowest BCUT2D eigenvalue weighted by Gasteiger charge is -2.02. The van der Waals surface area contributed by atoms with E-state index in [1.807, 2.05) is 18.3 Å². The van der Waals surface area contributed by atoms with Gasteiger partial charge >= 0.3 is 0 Å². The predicted octanol–water partition coefficient (Wildman–Crippen LogP) is 3.24. The van der Waals surface area contributed by atoms with Gasteiger partial charge in [-0.25, -0.2) is 0 Å². The molecule has 0 fully saturated rings. The van der Waals surface area contributed by atoms with Crippen molar-refractivity contribution in [2.24, 2.45) is 0 Å². The molecule has 0 radical (unpaired) electrons. The predicted molar refractivity (Wildman–Crippen MR) is 71.7 cm³/mol. The Morgan fingerprint density at radius 3 is 3.00 bits per heavy atom. The molecule has 84 valence electrons. The molecular formula is C12H13BrN2S. The summed E-state index contributed by atoms with van der Waals surface area (Å²) in [5, 5.41) is 5.52. The van der Waals surface area contributed by atoms with E-state index >= 15 is 0 Å². The second-order valence-corrected chi connectivity index (χ2v) is 5.39. The number of aromatic nitrogens is 1. The van der Waals surface area contributed by atoms with E-state index in [9.17, 15) is 0 Å². The first kappa shape index (κ1) is 11.8. The van der Waals surface area contributed by atoms with Crippen molar-refractivity contribution >= 4 is 27.3 Å². The maximum atomic E-state index is 4.28. The fourth-order valence-electron chi connectivity index (χ4n) is 1.42. The van der Waals surface area contributed by atoms with Crippen molar-refractivity contribution < 1.29 is 0 Å². The van der Waals surface area contributed by atoms with Gasteiger partial charge in [0.05, 0.1) is 0 Å². The monoisotopic (exact) mass is 296 g/mol. The first-order valence-corrected chi connectivity index (χ1v) is 6.85. The van der Waals surface area contributed by atoms with Crippen molar-refractivity contribution in [3.8, 4) is 0 Å². The third-order valence-corrected chi connectivity index (χ3v) is 3.90. The van der Waals surface area contributed by atoms with E-state index in [-0.39, 0.29) is 0 Å². The molecule has 0 saturated carbocycles. The summed E-state index contributed by atoms with van der Waals surface area (Å²) in [5.74, 6) is 0. The van der Waals surface area contributed by atoms with Crippen LogP contribution in [0.1, 0.15) is 10.6 Å². The van der Waals surface area contributed by atoms with E-state index in [0.29, 0.717) is 0 Å². The summed E-state index contributed by atoms with van der Waals surface area (Å²) in [6.45, 7) is 1.90. The maximum absolute atomic E-state index is 4.28. The zero-order valence-electron chi connectivity index (χ0n) is 8.82. The summed E-state index contributed by atoms with van der Waals surface area (Å²) in [5.41, 5.74) is 1.14. The molecule has 0 unspecified atom stereocenters. The summed E-state index contributed by atoms with van der Waals surface area (Å²) in [6, 6.07) is 8.18. The van der Waals surface area contributed by atoms with Gasteiger partial charge in [-0.05, 0) is 34.1 Å². The van der Waals surface area contributed by atoms with E-state index < -0.39 is 0 Å². The molecule has 0 aromatic carbocycles. The molecule has 0 spiro atoms. The Balaban J connectivity index is 1.69. The molecule has 2 heterocycles. The SMILES string of the molecule is Brc1csc(CNCCc2ccccn2)c1. The van der Waals surface area contributed by atoms with Gasteiger partial charge in [0.15, 0.2) is 0 Å². The zero-order chi connectivity index (χ0) is 11.2. The minimum Gasteiger partial charge on any atom is -0.311 e. The first-order valence-electron chi connectivity index (χ1n) is 5.18. The third kappa shape index (κ3) is 3.70. The first-order chi connectivity index (χ1) is 7.84. The Bertz CT molecular complexity index is 428. The van der Waals surface area contributed by atoms with Gasteiger partial charge < -0.3 is 5.32 Å². The number of thiophene rings is 1.